The molecular formula is C29H34N2O3. The minimum absolute atomic E-state index is 0.296. The van der Waals surface area contributed by atoms with E-state index in [0.29, 0.717) is 25.1 Å². The molecule has 0 saturated carbocycles. The van der Waals surface area contributed by atoms with Crippen molar-refractivity contribution in [3.63, 3.8) is 0 Å². The smallest absolute Gasteiger partial charge is 0.128 e. The van der Waals surface area contributed by atoms with Crippen molar-refractivity contribution >= 4 is 21.7 Å². The lowest BCUT2D eigenvalue weighted by atomic mass is 9.85. The molecule has 178 valence electrons. The molecule has 1 saturated heterocycles. The van der Waals surface area contributed by atoms with Gasteiger partial charge in [0.2, 0.25) is 0 Å². The lowest BCUT2D eigenvalue weighted by Crippen LogP contribution is -2.45. The number of likely N-dealkylation sites (tertiary alicyclic amines) is 1. The second-order valence-corrected chi connectivity index (χ2v) is 9.67. The van der Waals surface area contributed by atoms with Crippen molar-refractivity contribution in [2.75, 3.05) is 26.8 Å². The van der Waals surface area contributed by atoms with Crippen LogP contribution in [-0.2, 0) is 0 Å². The molecule has 3 aromatic carbocycles. The maximum Gasteiger partial charge on any atom is 0.128 e. The minimum Gasteiger partial charge on any atom is -0.497 e. The quantitative estimate of drug-likeness (QED) is 0.376. The molecule has 34 heavy (non-hydrogen) atoms. The van der Waals surface area contributed by atoms with Crippen molar-refractivity contribution in [1.29, 1.82) is 0 Å². The Morgan fingerprint density at radius 2 is 1.91 bits per heavy atom. The monoisotopic (exact) mass is 458 g/mol. The van der Waals surface area contributed by atoms with Crippen LogP contribution in [0.15, 0.2) is 60.7 Å². The molecule has 1 aliphatic heterocycles. The van der Waals surface area contributed by atoms with Gasteiger partial charge in [0.05, 0.1) is 7.11 Å². The third-order valence-electron chi connectivity index (χ3n) is 7.19. The Bertz CT molecular complexity index is 1280. The maximum atomic E-state index is 10.7. The van der Waals surface area contributed by atoms with E-state index in [2.05, 4.69) is 53.2 Å². The molecule has 0 bridgehead atoms. The molecule has 5 nitrogen and oxygen atoms in total. The number of aromatic amines is 1. The highest BCUT2D eigenvalue weighted by atomic mass is 16.5. The number of β-amino-alcohol motifs (C(OH)–C–C–N with tert-alkyl or cyclic N) is 1. The first-order chi connectivity index (χ1) is 16.5. The Labute approximate surface area is 201 Å². The molecule has 1 aliphatic rings. The number of nitrogens with one attached hydrogen (secondary N) is 1. The Balaban J connectivity index is 1.17. The van der Waals surface area contributed by atoms with E-state index in [1.165, 1.54) is 16.3 Å². The van der Waals surface area contributed by atoms with Crippen LogP contribution in [-0.4, -0.2) is 53.9 Å². The summed E-state index contributed by atoms with van der Waals surface area (Å²) in [6.45, 7) is 6.22. The van der Waals surface area contributed by atoms with Crippen LogP contribution in [0.25, 0.3) is 21.7 Å². The zero-order valence-corrected chi connectivity index (χ0v) is 20.3. The molecule has 2 heterocycles. The molecule has 5 heteroatoms. The number of aromatic nitrogens is 1. The second kappa shape index (κ2) is 9.69. The fraction of sp³-hybridized carbons (Fsp3) is 0.379. The average Bonchev–Trinajstić information content (AvgIpc) is 3.24. The first kappa shape index (κ1) is 22.8. The van der Waals surface area contributed by atoms with Gasteiger partial charge in [-0.25, -0.2) is 0 Å². The van der Waals surface area contributed by atoms with E-state index >= 15 is 0 Å². The van der Waals surface area contributed by atoms with Crippen molar-refractivity contribution in [2.24, 2.45) is 0 Å². The van der Waals surface area contributed by atoms with Crippen LogP contribution >= 0.6 is 0 Å². The second-order valence-electron chi connectivity index (χ2n) is 9.67. The first-order valence-corrected chi connectivity index (χ1v) is 12.2. The summed E-state index contributed by atoms with van der Waals surface area (Å²) in [5.74, 6) is 2.26. The van der Waals surface area contributed by atoms with Gasteiger partial charge < -0.3 is 19.6 Å². The van der Waals surface area contributed by atoms with Gasteiger partial charge in [-0.3, -0.25) is 4.90 Å². The van der Waals surface area contributed by atoms with Crippen molar-refractivity contribution in [1.82, 2.24) is 9.88 Å². The predicted octanol–water partition coefficient (Wildman–Crippen LogP) is 5.65. The summed E-state index contributed by atoms with van der Waals surface area (Å²) in [5, 5.41) is 14.3. The van der Waals surface area contributed by atoms with E-state index in [4.69, 9.17) is 9.47 Å². The summed E-state index contributed by atoms with van der Waals surface area (Å²) in [5.41, 5.74) is 3.57. The number of ether oxygens (including phenoxy) is 2. The Morgan fingerprint density at radius 1 is 1.09 bits per heavy atom. The molecule has 4 aromatic rings. The third-order valence-corrected chi connectivity index (χ3v) is 7.19. The van der Waals surface area contributed by atoms with Crippen molar-refractivity contribution in [3.05, 3.63) is 71.9 Å². The number of hydrogen-bond acceptors (Lipinski definition) is 4. The molecule has 0 aliphatic carbocycles. The number of aryl methyl sites for hydroxylation is 1. The van der Waals surface area contributed by atoms with Crippen molar-refractivity contribution in [3.8, 4) is 11.5 Å². The predicted molar refractivity (Wildman–Crippen MR) is 138 cm³/mol. The molecule has 3 atom stereocenters. The summed E-state index contributed by atoms with van der Waals surface area (Å²) in [4.78, 5) is 5.73. The summed E-state index contributed by atoms with van der Waals surface area (Å²) >= 11 is 0. The van der Waals surface area contributed by atoms with Crippen LogP contribution in [0, 0.1) is 6.92 Å². The number of fused-ring (bicyclic) bond motifs is 2. The Kier molecular flexibility index (Phi) is 6.48. The summed E-state index contributed by atoms with van der Waals surface area (Å²) in [7, 11) is 1.71. The fourth-order valence-corrected chi connectivity index (χ4v) is 5.32. The molecule has 0 unspecified atom stereocenters. The summed E-state index contributed by atoms with van der Waals surface area (Å²) in [6, 6.07) is 21.6. The van der Waals surface area contributed by atoms with Crippen LogP contribution in [0.5, 0.6) is 11.5 Å². The lowest BCUT2D eigenvalue weighted by molar-refractivity contribution is 0.0406. The Hall–Kier alpha value is -3.02. The first-order valence-electron chi connectivity index (χ1n) is 12.2. The number of piperidine rings is 1. The maximum absolute atomic E-state index is 10.7. The minimum atomic E-state index is -0.523. The number of aliphatic hydroxyl groups is 1. The van der Waals surface area contributed by atoms with Crippen LogP contribution in [0.4, 0.5) is 0 Å². The van der Waals surface area contributed by atoms with Gasteiger partial charge in [-0.2, -0.15) is 0 Å². The molecule has 0 radical (unpaired) electrons. The number of methoxy groups -OCH3 is 1. The van der Waals surface area contributed by atoms with Crippen LogP contribution < -0.4 is 9.47 Å². The summed E-state index contributed by atoms with van der Waals surface area (Å²) < 4.78 is 11.4. The third kappa shape index (κ3) is 4.77. The molecule has 0 amide bonds. The summed E-state index contributed by atoms with van der Waals surface area (Å²) in [6.07, 6.45) is 1.67. The van der Waals surface area contributed by atoms with Gasteiger partial charge in [0.1, 0.15) is 24.2 Å². The van der Waals surface area contributed by atoms with Gasteiger partial charge in [-0.15, -0.1) is 0 Å². The van der Waals surface area contributed by atoms with E-state index in [1.807, 2.05) is 31.2 Å². The van der Waals surface area contributed by atoms with Crippen LogP contribution in [0.2, 0.25) is 0 Å². The normalized spacial score (nSPS) is 20.0. The van der Waals surface area contributed by atoms with E-state index < -0.39 is 6.10 Å². The van der Waals surface area contributed by atoms with E-state index in [-0.39, 0.29) is 0 Å². The molecule has 1 aromatic heterocycles. The van der Waals surface area contributed by atoms with Crippen molar-refractivity contribution in [2.45, 2.75) is 44.8 Å². The lowest BCUT2D eigenvalue weighted by Gasteiger charge is -2.39. The zero-order chi connectivity index (χ0) is 23.7. The fourth-order valence-electron chi connectivity index (χ4n) is 5.32. The van der Waals surface area contributed by atoms with E-state index in [0.717, 1.165) is 47.5 Å². The van der Waals surface area contributed by atoms with E-state index in [9.17, 15) is 5.11 Å². The molecule has 2 N–H and O–H groups in total. The van der Waals surface area contributed by atoms with Gasteiger partial charge in [-0.1, -0.05) is 30.3 Å². The number of H-pyrrole nitrogens is 1. The van der Waals surface area contributed by atoms with Gasteiger partial charge in [0.15, 0.2) is 0 Å². The Morgan fingerprint density at radius 3 is 2.74 bits per heavy atom. The standard InChI is InChI=1S/C29H34N2O3/c1-19-13-27-28(30-19)5-4-6-29(27)34-18-25(32)17-31-12-11-24(14-20(31)2)21-7-8-23-16-26(33-3)10-9-22(23)15-21/h4-10,13,15-16,20,24-25,30,32H,11-12,14,17-18H2,1-3H3/t20-,24-,25+/m1/s1. The highest BCUT2D eigenvalue weighted by Crippen LogP contribution is 2.34. The molecule has 0 spiro atoms. The van der Waals surface area contributed by atoms with E-state index in [1.54, 1.807) is 7.11 Å². The molecular weight excluding hydrogens is 424 g/mol. The largest absolute Gasteiger partial charge is 0.497 e. The SMILES string of the molecule is COc1ccc2cc([C@@H]3CCN(C[C@H](O)COc4cccc5[nH]c(C)cc45)[C@H](C)C3)ccc2c1. The van der Waals surface area contributed by atoms with Crippen LogP contribution in [0.3, 0.4) is 0 Å². The molecule has 1 fully saturated rings. The topological polar surface area (TPSA) is 57.7 Å². The highest BCUT2D eigenvalue weighted by Gasteiger charge is 2.28. The molecule has 5 rings (SSSR count). The number of hydrogen-bond donors (Lipinski definition) is 2. The van der Waals surface area contributed by atoms with Crippen LogP contribution in [0.1, 0.15) is 36.9 Å². The number of benzene rings is 3. The number of aliphatic hydroxyl groups excluding tert-OH is 1. The average molecular weight is 459 g/mol. The number of nitrogens with zero attached hydrogens (tertiary/aromatic N) is 1. The van der Waals surface area contributed by atoms with Crippen molar-refractivity contribution < 1.29 is 14.6 Å². The van der Waals surface area contributed by atoms with Gasteiger partial charge in [0, 0.05) is 29.2 Å². The van der Waals surface area contributed by atoms with Gasteiger partial charge in [0.25, 0.3) is 0 Å². The van der Waals surface area contributed by atoms with Gasteiger partial charge in [-0.05, 0) is 85.8 Å². The zero-order valence-electron chi connectivity index (χ0n) is 20.3. The highest BCUT2D eigenvalue weighted by molar-refractivity contribution is 5.86. The number of rotatable bonds is 7. The van der Waals surface area contributed by atoms with Gasteiger partial charge >= 0.3 is 0 Å².